The monoisotopic (exact) mass is 345 g/mol. The van der Waals surface area contributed by atoms with Crippen molar-refractivity contribution in [3.8, 4) is 0 Å². The van der Waals surface area contributed by atoms with Crippen molar-refractivity contribution in [2.24, 2.45) is 0 Å². The normalized spacial score (nSPS) is 12.4. The molecule has 0 aliphatic heterocycles. The van der Waals surface area contributed by atoms with Gasteiger partial charge in [-0.25, -0.2) is 4.39 Å². The van der Waals surface area contributed by atoms with E-state index in [1.165, 1.54) is 6.07 Å². The lowest BCUT2D eigenvalue weighted by Crippen LogP contribution is -2.23. The van der Waals surface area contributed by atoms with Gasteiger partial charge in [0.1, 0.15) is 5.82 Å². The molecule has 0 saturated carbocycles. The fourth-order valence-electron chi connectivity index (χ4n) is 2.24. The van der Waals surface area contributed by atoms with E-state index >= 15 is 0 Å². The Labute approximate surface area is 139 Å². The van der Waals surface area contributed by atoms with E-state index in [1.807, 2.05) is 19.1 Å². The first-order chi connectivity index (χ1) is 10.0. The maximum Gasteiger partial charge on any atom is 0.127 e. The highest BCUT2D eigenvalue weighted by atomic mass is 35.5. The molecular formula is C16H15Cl3FN. The minimum atomic E-state index is -0.316. The summed E-state index contributed by atoms with van der Waals surface area (Å²) in [5.74, 6) is -0.316. The second-order valence-corrected chi connectivity index (χ2v) is 5.91. The van der Waals surface area contributed by atoms with Gasteiger partial charge in [-0.2, -0.15) is 0 Å². The van der Waals surface area contributed by atoms with Gasteiger partial charge in [-0.3, -0.25) is 0 Å². The van der Waals surface area contributed by atoms with Crippen molar-refractivity contribution in [2.75, 3.05) is 6.54 Å². The van der Waals surface area contributed by atoms with Gasteiger partial charge < -0.3 is 5.32 Å². The Balaban J connectivity index is 2.33. The largest absolute Gasteiger partial charge is 0.310 e. The van der Waals surface area contributed by atoms with Gasteiger partial charge in [-0.05, 0) is 42.3 Å². The summed E-state index contributed by atoms with van der Waals surface area (Å²) < 4.78 is 14.0. The Morgan fingerprint density at radius 1 is 1.14 bits per heavy atom. The van der Waals surface area contributed by atoms with Gasteiger partial charge in [0.25, 0.3) is 0 Å². The van der Waals surface area contributed by atoms with Gasteiger partial charge in [-0.15, -0.1) is 0 Å². The predicted molar refractivity (Wildman–Crippen MR) is 88.0 cm³/mol. The van der Waals surface area contributed by atoms with Gasteiger partial charge in [-0.1, -0.05) is 59.9 Å². The molecule has 21 heavy (non-hydrogen) atoms. The molecule has 0 spiro atoms. The van der Waals surface area contributed by atoms with E-state index in [9.17, 15) is 4.39 Å². The first-order valence-corrected chi connectivity index (χ1v) is 7.77. The molecule has 2 aromatic rings. The van der Waals surface area contributed by atoms with Crippen LogP contribution >= 0.6 is 34.8 Å². The molecule has 1 unspecified atom stereocenters. The zero-order valence-electron chi connectivity index (χ0n) is 11.5. The van der Waals surface area contributed by atoms with E-state index in [2.05, 4.69) is 5.32 Å². The van der Waals surface area contributed by atoms with Crippen LogP contribution in [0.2, 0.25) is 15.1 Å². The standard InChI is InChI=1S/C16H15Cl3FN/c1-2-21-15(12-4-3-5-13(18)16(12)19)8-10-6-7-11(17)9-14(10)20/h3-7,9,15,21H,2,8H2,1H3. The van der Waals surface area contributed by atoms with E-state index < -0.39 is 0 Å². The highest BCUT2D eigenvalue weighted by Gasteiger charge is 2.17. The molecule has 1 N–H and O–H groups in total. The van der Waals surface area contributed by atoms with Crippen molar-refractivity contribution in [3.05, 3.63) is 68.4 Å². The number of hydrogen-bond acceptors (Lipinski definition) is 1. The predicted octanol–water partition coefficient (Wildman–Crippen LogP) is 5.68. The molecule has 0 heterocycles. The van der Waals surface area contributed by atoms with E-state index in [4.69, 9.17) is 34.8 Å². The summed E-state index contributed by atoms with van der Waals surface area (Å²) in [6.45, 7) is 2.73. The minimum Gasteiger partial charge on any atom is -0.310 e. The third-order valence-corrected chi connectivity index (χ3v) is 4.32. The van der Waals surface area contributed by atoms with Crippen LogP contribution in [0.4, 0.5) is 4.39 Å². The van der Waals surface area contributed by atoms with Crippen molar-refractivity contribution in [3.63, 3.8) is 0 Å². The maximum absolute atomic E-state index is 14.0. The third-order valence-electron chi connectivity index (χ3n) is 3.25. The van der Waals surface area contributed by atoms with Crippen LogP contribution in [0.15, 0.2) is 36.4 Å². The van der Waals surface area contributed by atoms with Crippen LogP contribution < -0.4 is 5.32 Å². The fourth-order valence-corrected chi connectivity index (χ4v) is 2.83. The molecule has 1 nitrogen and oxygen atoms in total. The average Bonchev–Trinajstić information content (AvgIpc) is 2.44. The van der Waals surface area contributed by atoms with E-state index in [0.29, 0.717) is 27.1 Å². The topological polar surface area (TPSA) is 12.0 Å². The van der Waals surface area contributed by atoms with Gasteiger partial charge in [0, 0.05) is 11.1 Å². The molecule has 5 heteroatoms. The SMILES string of the molecule is CCNC(Cc1ccc(Cl)cc1F)c1cccc(Cl)c1Cl. The second kappa shape index (κ2) is 7.46. The average molecular weight is 347 g/mol. The summed E-state index contributed by atoms with van der Waals surface area (Å²) in [4.78, 5) is 0. The molecular weight excluding hydrogens is 332 g/mol. The number of nitrogens with one attached hydrogen (secondary N) is 1. The number of halogens is 4. The van der Waals surface area contributed by atoms with E-state index in [0.717, 1.165) is 12.1 Å². The molecule has 1 atom stereocenters. The van der Waals surface area contributed by atoms with Crippen LogP contribution in [0.5, 0.6) is 0 Å². The van der Waals surface area contributed by atoms with E-state index in [1.54, 1.807) is 18.2 Å². The molecule has 0 amide bonds. The lowest BCUT2D eigenvalue weighted by Gasteiger charge is -2.20. The lowest BCUT2D eigenvalue weighted by molar-refractivity contribution is 0.528. The van der Waals surface area contributed by atoms with Crippen LogP contribution in [0.3, 0.4) is 0 Å². The molecule has 2 rings (SSSR count). The van der Waals surface area contributed by atoms with Crippen LogP contribution in [-0.4, -0.2) is 6.54 Å². The maximum atomic E-state index is 14.0. The zero-order chi connectivity index (χ0) is 15.4. The van der Waals surface area contributed by atoms with E-state index in [-0.39, 0.29) is 11.9 Å². The van der Waals surface area contributed by atoms with Crippen molar-refractivity contribution >= 4 is 34.8 Å². The first-order valence-electron chi connectivity index (χ1n) is 6.64. The molecule has 0 aliphatic carbocycles. The van der Waals surface area contributed by atoms with Crippen LogP contribution in [-0.2, 0) is 6.42 Å². The summed E-state index contributed by atoms with van der Waals surface area (Å²) in [6.07, 6.45) is 0.469. The third kappa shape index (κ3) is 4.10. The summed E-state index contributed by atoms with van der Waals surface area (Å²) in [5.41, 5.74) is 1.45. The van der Waals surface area contributed by atoms with Crippen LogP contribution in [0.1, 0.15) is 24.1 Å². The Kier molecular flexibility index (Phi) is 5.88. The zero-order valence-corrected chi connectivity index (χ0v) is 13.7. The number of rotatable bonds is 5. The molecule has 2 aromatic carbocycles. The Morgan fingerprint density at radius 2 is 1.90 bits per heavy atom. The van der Waals surface area contributed by atoms with Gasteiger partial charge >= 0.3 is 0 Å². The van der Waals surface area contributed by atoms with Gasteiger partial charge in [0.15, 0.2) is 0 Å². The summed E-state index contributed by atoms with van der Waals surface area (Å²) >= 11 is 18.1. The molecule has 0 radical (unpaired) electrons. The minimum absolute atomic E-state index is 0.114. The van der Waals surface area contributed by atoms with Gasteiger partial charge in [0.2, 0.25) is 0 Å². The number of likely N-dealkylation sites (N-methyl/N-ethyl adjacent to an activating group) is 1. The van der Waals surface area contributed by atoms with Crippen molar-refractivity contribution in [1.29, 1.82) is 0 Å². The Bertz CT molecular complexity index is 631. The lowest BCUT2D eigenvalue weighted by atomic mass is 9.98. The summed E-state index contributed by atoms with van der Waals surface area (Å²) in [6, 6.07) is 10.1. The first kappa shape index (κ1) is 16.6. The van der Waals surface area contributed by atoms with Crippen LogP contribution in [0.25, 0.3) is 0 Å². The molecule has 0 bridgehead atoms. The Hall–Kier alpha value is -0.800. The quantitative estimate of drug-likeness (QED) is 0.734. The summed E-state index contributed by atoms with van der Waals surface area (Å²) in [5, 5.41) is 4.69. The van der Waals surface area contributed by atoms with Gasteiger partial charge in [0.05, 0.1) is 10.0 Å². The molecule has 0 aromatic heterocycles. The van der Waals surface area contributed by atoms with Crippen molar-refractivity contribution < 1.29 is 4.39 Å². The smallest absolute Gasteiger partial charge is 0.127 e. The fraction of sp³-hybridized carbons (Fsp3) is 0.250. The Morgan fingerprint density at radius 3 is 2.57 bits per heavy atom. The van der Waals surface area contributed by atoms with Crippen molar-refractivity contribution in [2.45, 2.75) is 19.4 Å². The number of hydrogen-bond donors (Lipinski definition) is 1. The molecule has 0 saturated heterocycles. The summed E-state index contributed by atoms with van der Waals surface area (Å²) in [7, 11) is 0. The molecule has 112 valence electrons. The highest BCUT2D eigenvalue weighted by Crippen LogP contribution is 2.32. The molecule has 0 aliphatic rings. The molecule has 0 fully saturated rings. The van der Waals surface area contributed by atoms with Crippen molar-refractivity contribution in [1.82, 2.24) is 5.32 Å². The number of benzene rings is 2. The highest BCUT2D eigenvalue weighted by molar-refractivity contribution is 6.42. The van der Waals surface area contributed by atoms with Crippen LogP contribution in [0, 0.1) is 5.82 Å². The second-order valence-electron chi connectivity index (χ2n) is 4.69.